The lowest BCUT2D eigenvalue weighted by Gasteiger charge is -2.36. The Kier molecular flexibility index (Phi) is 4.43. The number of ketones is 2. The van der Waals surface area contributed by atoms with Gasteiger partial charge in [0.25, 0.3) is 0 Å². The van der Waals surface area contributed by atoms with Crippen molar-refractivity contribution in [2.75, 3.05) is 0 Å². The summed E-state index contributed by atoms with van der Waals surface area (Å²) < 4.78 is 5.34. The molecule has 0 spiro atoms. The minimum Gasteiger partial charge on any atom is -0.458 e. The van der Waals surface area contributed by atoms with Gasteiger partial charge in [0.1, 0.15) is 5.60 Å². The van der Waals surface area contributed by atoms with Gasteiger partial charge in [-0.15, -0.1) is 0 Å². The average Bonchev–Trinajstić information content (AvgIpc) is 2.28. The van der Waals surface area contributed by atoms with Gasteiger partial charge in [0.2, 0.25) is 0 Å². The van der Waals surface area contributed by atoms with Gasteiger partial charge in [-0.05, 0) is 19.3 Å². The Labute approximate surface area is 102 Å². The SMILES string of the molecule is CCCC(=O)C1C(=O)CC(CC)(CC)OC1=O. The van der Waals surface area contributed by atoms with E-state index < -0.39 is 17.5 Å². The summed E-state index contributed by atoms with van der Waals surface area (Å²) in [6, 6.07) is 0. The third kappa shape index (κ3) is 2.73. The van der Waals surface area contributed by atoms with Crippen LogP contribution in [0.3, 0.4) is 0 Å². The zero-order valence-corrected chi connectivity index (χ0v) is 10.7. The zero-order valence-electron chi connectivity index (χ0n) is 10.7. The largest absolute Gasteiger partial charge is 0.458 e. The Morgan fingerprint density at radius 2 is 1.88 bits per heavy atom. The van der Waals surface area contributed by atoms with Gasteiger partial charge in [0.05, 0.1) is 0 Å². The number of Topliss-reactive ketones (excluding diaryl/α,β-unsaturated/α-hetero) is 2. The van der Waals surface area contributed by atoms with Gasteiger partial charge in [-0.3, -0.25) is 14.4 Å². The summed E-state index contributed by atoms with van der Waals surface area (Å²) in [6.45, 7) is 5.62. The molecule has 4 heteroatoms. The number of rotatable bonds is 5. The number of hydrogen-bond donors (Lipinski definition) is 0. The molecule has 1 aliphatic rings. The summed E-state index contributed by atoms with van der Waals surface area (Å²) in [5.74, 6) is -2.39. The van der Waals surface area contributed by atoms with Gasteiger partial charge in [0, 0.05) is 12.8 Å². The summed E-state index contributed by atoms with van der Waals surface area (Å²) in [7, 11) is 0. The Hall–Kier alpha value is -1.19. The van der Waals surface area contributed by atoms with Crippen molar-refractivity contribution in [2.24, 2.45) is 5.92 Å². The first-order valence-electron chi connectivity index (χ1n) is 6.28. The first kappa shape index (κ1) is 13.9. The smallest absolute Gasteiger partial charge is 0.324 e. The average molecular weight is 240 g/mol. The van der Waals surface area contributed by atoms with E-state index in [-0.39, 0.29) is 24.4 Å². The molecule has 1 unspecified atom stereocenters. The molecule has 1 fully saturated rings. The van der Waals surface area contributed by atoms with E-state index in [0.29, 0.717) is 19.3 Å². The number of carbonyl (C=O) groups excluding carboxylic acids is 3. The Morgan fingerprint density at radius 3 is 2.29 bits per heavy atom. The molecule has 0 aliphatic carbocycles. The predicted octanol–water partition coefficient (Wildman–Crippen LogP) is 2.05. The molecule has 17 heavy (non-hydrogen) atoms. The second kappa shape index (κ2) is 5.43. The summed E-state index contributed by atoms with van der Waals surface area (Å²) in [5, 5.41) is 0. The van der Waals surface area contributed by atoms with Crippen LogP contribution in [0.25, 0.3) is 0 Å². The quantitative estimate of drug-likeness (QED) is 0.545. The number of esters is 1. The lowest BCUT2D eigenvalue weighted by Crippen LogP contribution is -2.49. The van der Waals surface area contributed by atoms with Gasteiger partial charge in [0.15, 0.2) is 17.5 Å². The molecule has 0 aromatic heterocycles. The number of ether oxygens (including phenoxy) is 1. The van der Waals surface area contributed by atoms with E-state index in [0.717, 1.165) is 0 Å². The summed E-state index contributed by atoms with van der Waals surface area (Å²) in [5.41, 5.74) is -0.683. The molecule has 96 valence electrons. The summed E-state index contributed by atoms with van der Waals surface area (Å²) in [4.78, 5) is 35.4. The van der Waals surface area contributed by atoms with E-state index in [1.807, 2.05) is 20.8 Å². The molecular formula is C13H20O4. The molecular weight excluding hydrogens is 220 g/mol. The number of carbonyl (C=O) groups is 3. The first-order valence-corrected chi connectivity index (χ1v) is 6.28. The van der Waals surface area contributed by atoms with Crippen LogP contribution in [-0.2, 0) is 19.1 Å². The molecule has 0 radical (unpaired) electrons. The van der Waals surface area contributed by atoms with Crippen LogP contribution in [-0.4, -0.2) is 23.1 Å². The maximum Gasteiger partial charge on any atom is 0.324 e. The van der Waals surface area contributed by atoms with Gasteiger partial charge in [-0.25, -0.2) is 0 Å². The van der Waals surface area contributed by atoms with Crippen LogP contribution >= 0.6 is 0 Å². The van der Waals surface area contributed by atoms with Crippen LogP contribution in [0.2, 0.25) is 0 Å². The van der Waals surface area contributed by atoms with Gasteiger partial charge < -0.3 is 4.74 Å². The second-order valence-electron chi connectivity index (χ2n) is 4.60. The topological polar surface area (TPSA) is 60.4 Å². The lowest BCUT2D eigenvalue weighted by molar-refractivity contribution is -0.179. The van der Waals surface area contributed by atoms with Gasteiger partial charge >= 0.3 is 5.97 Å². The van der Waals surface area contributed by atoms with Crippen molar-refractivity contribution in [2.45, 2.75) is 58.5 Å². The summed E-state index contributed by atoms with van der Waals surface area (Å²) >= 11 is 0. The monoisotopic (exact) mass is 240 g/mol. The third-order valence-electron chi connectivity index (χ3n) is 3.48. The molecule has 1 heterocycles. The minimum atomic E-state index is -1.17. The van der Waals surface area contributed by atoms with Crippen molar-refractivity contribution in [3.63, 3.8) is 0 Å². The van der Waals surface area contributed by atoms with Gasteiger partial charge in [-0.2, -0.15) is 0 Å². The van der Waals surface area contributed by atoms with Gasteiger partial charge in [-0.1, -0.05) is 20.8 Å². The molecule has 0 saturated carbocycles. The van der Waals surface area contributed by atoms with E-state index in [2.05, 4.69) is 0 Å². The highest BCUT2D eigenvalue weighted by Gasteiger charge is 2.47. The van der Waals surface area contributed by atoms with Crippen molar-refractivity contribution < 1.29 is 19.1 Å². The van der Waals surface area contributed by atoms with E-state index in [1.54, 1.807) is 0 Å². The van der Waals surface area contributed by atoms with Crippen LogP contribution in [0.4, 0.5) is 0 Å². The molecule has 0 N–H and O–H groups in total. The van der Waals surface area contributed by atoms with Crippen LogP contribution in [0.1, 0.15) is 52.9 Å². The molecule has 0 amide bonds. The highest BCUT2D eigenvalue weighted by molar-refractivity contribution is 6.18. The van der Waals surface area contributed by atoms with E-state index >= 15 is 0 Å². The van der Waals surface area contributed by atoms with E-state index in [1.165, 1.54) is 0 Å². The lowest BCUT2D eigenvalue weighted by atomic mass is 9.81. The van der Waals surface area contributed by atoms with E-state index in [9.17, 15) is 14.4 Å². The molecule has 1 rings (SSSR count). The molecule has 1 atom stereocenters. The van der Waals surface area contributed by atoms with Crippen molar-refractivity contribution in [3.05, 3.63) is 0 Å². The van der Waals surface area contributed by atoms with Crippen LogP contribution < -0.4 is 0 Å². The van der Waals surface area contributed by atoms with E-state index in [4.69, 9.17) is 4.74 Å². The van der Waals surface area contributed by atoms with Crippen molar-refractivity contribution in [3.8, 4) is 0 Å². The summed E-state index contributed by atoms with van der Waals surface area (Å²) in [6.07, 6.45) is 2.29. The van der Waals surface area contributed by atoms with Crippen LogP contribution in [0.15, 0.2) is 0 Å². The molecule has 4 nitrogen and oxygen atoms in total. The molecule has 0 aromatic carbocycles. The minimum absolute atomic E-state index is 0.172. The number of hydrogen-bond acceptors (Lipinski definition) is 4. The maximum atomic E-state index is 11.9. The van der Waals surface area contributed by atoms with Crippen molar-refractivity contribution in [1.29, 1.82) is 0 Å². The number of cyclic esters (lactones) is 1. The molecule has 1 saturated heterocycles. The molecule has 1 aliphatic heterocycles. The van der Waals surface area contributed by atoms with Crippen molar-refractivity contribution in [1.82, 2.24) is 0 Å². The maximum absolute atomic E-state index is 11.9. The zero-order chi connectivity index (χ0) is 13.1. The fourth-order valence-corrected chi connectivity index (χ4v) is 2.21. The molecule has 0 bridgehead atoms. The predicted molar refractivity (Wildman–Crippen MR) is 62.4 cm³/mol. The second-order valence-corrected chi connectivity index (χ2v) is 4.60. The highest BCUT2D eigenvalue weighted by Crippen LogP contribution is 2.33. The fraction of sp³-hybridized carbons (Fsp3) is 0.769. The third-order valence-corrected chi connectivity index (χ3v) is 3.48. The van der Waals surface area contributed by atoms with Crippen LogP contribution in [0, 0.1) is 5.92 Å². The normalized spacial score (nSPS) is 23.4. The Balaban J connectivity index is 2.86. The standard InChI is InChI=1S/C13H20O4/c1-4-7-9(14)11-10(15)8-13(5-2,6-3)17-12(11)16/h11H,4-8H2,1-3H3. The highest BCUT2D eigenvalue weighted by atomic mass is 16.6. The fourth-order valence-electron chi connectivity index (χ4n) is 2.21. The van der Waals surface area contributed by atoms with Crippen molar-refractivity contribution >= 4 is 17.5 Å². The van der Waals surface area contributed by atoms with Crippen LogP contribution in [0.5, 0.6) is 0 Å². The Bertz CT molecular complexity index is 308. The molecule has 0 aromatic rings. The first-order chi connectivity index (χ1) is 7.99. The Morgan fingerprint density at radius 1 is 1.29 bits per heavy atom.